The molecule has 1 aliphatic carbocycles. The molecular weight excluding hydrogens is 405 g/mol. The van der Waals surface area contributed by atoms with Gasteiger partial charge in [-0.3, -0.25) is 14.3 Å². The van der Waals surface area contributed by atoms with Crippen LogP contribution in [0.4, 0.5) is 10.1 Å². The van der Waals surface area contributed by atoms with E-state index in [1.807, 2.05) is 4.90 Å². The van der Waals surface area contributed by atoms with Crippen molar-refractivity contribution in [1.82, 2.24) is 14.5 Å². The van der Waals surface area contributed by atoms with Crippen LogP contribution < -0.4 is 26.6 Å². The zero-order chi connectivity index (χ0) is 21.9. The summed E-state index contributed by atoms with van der Waals surface area (Å²) in [5.41, 5.74) is 7.24. The second-order valence-electron chi connectivity index (χ2n) is 8.34. The average Bonchev–Trinajstić information content (AvgIpc) is 3.22. The van der Waals surface area contributed by atoms with Crippen LogP contribution in [0.25, 0.3) is 10.9 Å². The Labute approximate surface area is 176 Å². The first-order chi connectivity index (χ1) is 14.9. The molecule has 5 rings (SSSR count). The SMILES string of the molecule is COc1c(F)c(N2CCC(C(N)c3cocn3)C2)c(C)c2c1c(=O)[nH]c(=O)n2C1CC1. The standard InChI is InChI=1S/C21H24FN5O4/c1-10-17-14(20(28)25-21(29)27(17)12-3-4-12)19(30-2)15(22)18(10)26-6-5-11(7-26)16(23)13-8-31-9-24-13/h8-9,11-12,16H,3-7,23H2,1-2H3,(H,25,28,29). The summed E-state index contributed by atoms with van der Waals surface area (Å²) in [6.45, 7) is 2.85. The van der Waals surface area contributed by atoms with E-state index in [0.717, 1.165) is 19.3 Å². The minimum absolute atomic E-state index is 0.000446. The molecule has 1 aliphatic heterocycles. The Morgan fingerprint density at radius 3 is 2.77 bits per heavy atom. The van der Waals surface area contributed by atoms with Crippen LogP contribution in [0, 0.1) is 18.7 Å². The van der Waals surface area contributed by atoms with Crippen molar-refractivity contribution in [2.45, 2.75) is 38.3 Å². The average molecular weight is 429 g/mol. The number of rotatable bonds is 5. The molecule has 3 N–H and O–H groups in total. The highest BCUT2D eigenvalue weighted by Crippen LogP contribution is 2.43. The Bertz CT molecular complexity index is 1260. The van der Waals surface area contributed by atoms with Crippen LogP contribution in [0.5, 0.6) is 5.75 Å². The number of methoxy groups -OCH3 is 1. The van der Waals surface area contributed by atoms with Crippen LogP contribution in [0.3, 0.4) is 0 Å². The molecule has 2 aromatic heterocycles. The summed E-state index contributed by atoms with van der Waals surface area (Å²) in [6.07, 6.45) is 5.30. The Morgan fingerprint density at radius 2 is 2.13 bits per heavy atom. The fraction of sp³-hybridized carbons (Fsp3) is 0.476. The lowest BCUT2D eigenvalue weighted by atomic mass is 9.97. The van der Waals surface area contributed by atoms with Crippen LogP contribution in [-0.4, -0.2) is 34.7 Å². The van der Waals surface area contributed by atoms with Gasteiger partial charge < -0.3 is 19.8 Å². The molecule has 164 valence electrons. The van der Waals surface area contributed by atoms with Crippen LogP contribution in [0.1, 0.15) is 42.6 Å². The number of aromatic nitrogens is 3. The van der Waals surface area contributed by atoms with Crippen molar-refractivity contribution in [2.75, 3.05) is 25.1 Å². The second kappa shape index (κ2) is 7.23. The minimum Gasteiger partial charge on any atom is -0.493 e. The summed E-state index contributed by atoms with van der Waals surface area (Å²) in [7, 11) is 1.33. The van der Waals surface area contributed by atoms with E-state index >= 15 is 4.39 Å². The molecule has 1 saturated heterocycles. The molecule has 0 bridgehead atoms. The Balaban J connectivity index is 1.65. The van der Waals surface area contributed by atoms with Gasteiger partial charge in [0.2, 0.25) is 0 Å². The molecule has 31 heavy (non-hydrogen) atoms. The molecule has 2 fully saturated rings. The minimum atomic E-state index is -0.644. The van der Waals surface area contributed by atoms with Crippen LogP contribution >= 0.6 is 0 Å². The lowest BCUT2D eigenvalue weighted by Gasteiger charge is -2.26. The number of H-pyrrole nitrogens is 1. The summed E-state index contributed by atoms with van der Waals surface area (Å²) in [4.78, 5) is 33.6. The lowest BCUT2D eigenvalue weighted by molar-refractivity contribution is 0.391. The summed E-state index contributed by atoms with van der Waals surface area (Å²) < 4.78 is 27.6. The predicted molar refractivity (Wildman–Crippen MR) is 112 cm³/mol. The second-order valence-corrected chi connectivity index (χ2v) is 8.34. The molecule has 2 aliphatic rings. The largest absolute Gasteiger partial charge is 0.493 e. The summed E-state index contributed by atoms with van der Waals surface area (Å²) in [5, 5.41) is 0.0720. The number of aryl methyl sites for hydroxylation is 1. The maximum Gasteiger partial charge on any atom is 0.329 e. The number of nitrogens with zero attached hydrogens (tertiary/aromatic N) is 3. The first kappa shape index (κ1) is 19.8. The van der Waals surface area contributed by atoms with Gasteiger partial charge in [0.15, 0.2) is 18.0 Å². The first-order valence-electron chi connectivity index (χ1n) is 10.4. The highest BCUT2D eigenvalue weighted by atomic mass is 19.1. The molecule has 1 saturated carbocycles. The Kier molecular flexibility index (Phi) is 4.62. The fourth-order valence-electron chi connectivity index (χ4n) is 4.78. The van der Waals surface area contributed by atoms with Gasteiger partial charge in [0.05, 0.1) is 30.0 Å². The molecule has 2 unspecified atom stereocenters. The maximum atomic E-state index is 15.7. The van der Waals surface area contributed by atoms with Crippen LogP contribution in [-0.2, 0) is 0 Å². The molecule has 2 atom stereocenters. The monoisotopic (exact) mass is 429 g/mol. The van der Waals surface area contributed by atoms with Gasteiger partial charge in [0.25, 0.3) is 5.56 Å². The number of hydrogen-bond donors (Lipinski definition) is 2. The lowest BCUT2D eigenvalue weighted by Crippen LogP contribution is -2.32. The van der Waals surface area contributed by atoms with E-state index in [4.69, 9.17) is 14.9 Å². The van der Waals surface area contributed by atoms with Crippen molar-refractivity contribution < 1.29 is 13.5 Å². The maximum absolute atomic E-state index is 15.7. The number of hydrogen-bond acceptors (Lipinski definition) is 7. The molecule has 0 amide bonds. The van der Waals surface area contributed by atoms with Crippen LogP contribution in [0.15, 0.2) is 26.7 Å². The fourth-order valence-corrected chi connectivity index (χ4v) is 4.78. The predicted octanol–water partition coefficient (Wildman–Crippen LogP) is 2.00. The Hall–Kier alpha value is -3.14. The number of aromatic amines is 1. The first-order valence-corrected chi connectivity index (χ1v) is 10.4. The van der Waals surface area contributed by atoms with Gasteiger partial charge in [0, 0.05) is 24.7 Å². The van der Waals surface area contributed by atoms with Gasteiger partial charge in [-0.15, -0.1) is 0 Å². The molecule has 9 nitrogen and oxygen atoms in total. The quantitative estimate of drug-likeness (QED) is 0.637. The molecule has 1 aromatic carbocycles. The molecule has 3 heterocycles. The summed E-state index contributed by atoms with van der Waals surface area (Å²) in [5.74, 6) is -0.694. The number of halogens is 1. The number of oxazole rings is 1. The zero-order valence-corrected chi connectivity index (χ0v) is 17.4. The number of benzene rings is 1. The van der Waals surface area contributed by atoms with E-state index < -0.39 is 17.1 Å². The molecular formula is C21H24FN5O4. The molecule has 0 radical (unpaired) electrons. The normalized spacial score (nSPS) is 19.9. The van der Waals surface area contributed by atoms with E-state index in [1.54, 1.807) is 11.5 Å². The van der Waals surface area contributed by atoms with Crippen molar-refractivity contribution in [2.24, 2.45) is 11.7 Å². The van der Waals surface area contributed by atoms with Crippen molar-refractivity contribution in [1.29, 1.82) is 0 Å². The van der Waals surface area contributed by atoms with E-state index in [0.29, 0.717) is 35.6 Å². The van der Waals surface area contributed by atoms with E-state index in [-0.39, 0.29) is 29.1 Å². The number of ether oxygens (including phenoxy) is 1. The molecule has 10 heteroatoms. The topological polar surface area (TPSA) is 119 Å². The van der Waals surface area contributed by atoms with Crippen molar-refractivity contribution in [3.05, 3.63) is 50.6 Å². The highest BCUT2D eigenvalue weighted by Gasteiger charge is 2.35. The van der Waals surface area contributed by atoms with Gasteiger partial charge in [-0.1, -0.05) is 0 Å². The van der Waals surface area contributed by atoms with E-state index in [1.165, 1.54) is 19.8 Å². The third-order valence-electron chi connectivity index (χ3n) is 6.45. The van der Waals surface area contributed by atoms with E-state index in [9.17, 15) is 9.59 Å². The highest BCUT2D eigenvalue weighted by molar-refractivity contribution is 5.93. The number of nitrogens with two attached hydrogens (primary N) is 1. The number of anilines is 1. The van der Waals surface area contributed by atoms with Crippen LogP contribution in [0.2, 0.25) is 0 Å². The van der Waals surface area contributed by atoms with E-state index in [2.05, 4.69) is 9.97 Å². The van der Waals surface area contributed by atoms with Crippen molar-refractivity contribution >= 4 is 16.6 Å². The van der Waals surface area contributed by atoms with Gasteiger partial charge in [-0.2, -0.15) is 0 Å². The van der Waals surface area contributed by atoms with Gasteiger partial charge in [-0.25, -0.2) is 14.2 Å². The smallest absolute Gasteiger partial charge is 0.329 e. The number of fused-ring (bicyclic) bond motifs is 1. The molecule has 0 spiro atoms. The number of nitrogens with one attached hydrogen (secondary N) is 1. The third-order valence-corrected chi connectivity index (χ3v) is 6.45. The van der Waals surface area contributed by atoms with Crippen molar-refractivity contribution in [3.8, 4) is 5.75 Å². The molecule has 3 aromatic rings. The van der Waals surface area contributed by atoms with Gasteiger partial charge in [-0.05, 0) is 32.1 Å². The van der Waals surface area contributed by atoms with Gasteiger partial charge >= 0.3 is 5.69 Å². The summed E-state index contributed by atoms with van der Waals surface area (Å²) >= 11 is 0. The Morgan fingerprint density at radius 1 is 1.35 bits per heavy atom. The third kappa shape index (κ3) is 3.04. The van der Waals surface area contributed by atoms with Gasteiger partial charge in [0.1, 0.15) is 11.6 Å². The van der Waals surface area contributed by atoms with Crippen molar-refractivity contribution in [3.63, 3.8) is 0 Å². The zero-order valence-electron chi connectivity index (χ0n) is 17.4. The summed E-state index contributed by atoms with van der Waals surface area (Å²) in [6, 6.07) is -0.331.